The van der Waals surface area contributed by atoms with Gasteiger partial charge in [-0.2, -0.15) is 0 Å². The summed E-state index contributed by atoms with van der Waals surface area (Å²) in [6.45, 7) is 3.61. The molecule has 0 aromatic heterocycles. The number of hydrogen-bond acceptors (Lipinski definition) is 4. The van der Waals surface area contributed by atoms with Crippen LogP contribution < -0.4 is 0 Å². The van der Waals surface area contributed by atoms with Crippen molar-refractivity contribution in [2.24, 2.45) is 5.92 Å². The quantitative estimate of drug-likeness (QED) is 0.391. The van der Waals surface area contributed by atoms with Gasteiger partial charge >= 0.3 is 13.7 Å². The van der Waals surface area contributed by atoms with Gasteiger partial charge in [-0.1, -0.05) is 26.7 Å². The fourth-order valence-electron chi connectivity index (χ4n) is 1.41. The molecule has 1 unspecified atom stereocenters. The number of nitrogens with one attached hydrogen (secondary N) is 1. The van der Waals surface area contributed by atoms with Crippen LogP contribution in [0.1, 0.15) is 39.5 Å². The van der Waals surface area contributed by atoms with Gasteiger partial charge in [0.2, 0.25) is 5.45 Å². The summed E-state index contributed by atoms with van der Waals surface area (Å²) in [7, 11) is -3.48. The molecule has 0 saturated heterocycles. The van der Waals surface area contributed by atoms with Crippen molar-refractivity contribution in [2.45, 2.75) is 39.5 Å². The average Bonchev–Trinajstić information content (AvgIpc) is 2.22. The molecule has 0 radical (unpaired) electrons. The van der Waals surface area contributed by atoms with Crippen molar-refractivity contribution < 1.29 is 19.7 Å². The van der Waals surface area contributed by atoms with Gasteiger partial charge in [0.25, 0.3) is 0 Å². The van der Waals surface area contributed by atoms with Crippen LogP contribution >= 0.6 is 7.72 Å². The summed E-state index contributed by atoms with van der Waals surface area (Å²) in [6.07, 6.45) is 2.11. The summed E-state index contributed by atoms with van der Waals surface area (Å²) >= 11 is 0. The van der Waals surface area contributed by atoms with Gasteiger partial charge in [0.15, 0.2) is 0 Å². The third kappa shape index (κ3) is 5.01. The standard InChI is InChI=1S/C10H20NO4P/c1-3-5-6-8(10(12)13)7-16(14,15)9(11)4-2/h8,11,14-15H,3-7H2,1-2H3/p+1. The maximum atomic E-state index is 10.9. The van der Waals surface area contributed by atoms with E-state index >= 15 is 0 Å². The normalized spacial score (nSPS) is 13.5. The summed E-state index contributed by atoms with van der Waals surface area (Å²) < 4.78 is 0. The van der Waals surface area contributed by atoms with Crippen molar-refractivity contribution in [3.63, 3.8) is 0 Å². The molecule has 0 rings (SSSR count). The maximum absolute atomic E-state index is 10.9. The fourth-order valence-corrected chi connectivity index (χ4v) is 3.09. The van der Waals surface area contributed by atoms with E-state index in [0.717, 1.165) is 12.8 Å². The van der Waals surface area contributed by atoms with Crippen LogP contribution in [-0.4, -0.2) is 32.5 Å². The number of rotatable bonds is 8. The highest BCUT2D eigenvalue weighted by atomic mass is 31.2. The van der Waals surface area contributed by atoms with Crippen LogP contribution in [0, 0.1) is 11.3 Å². The number of carboxylic acids is 1. The first kappa shape index (κ1) is 15.5. The first-order valence-corrected chi connectivity index (χ1v) is 7.37. The van der Waals surface area contributed by atoms with Gasteiger partial charge in [-0.15, -0.1) is 0 Å². The van der Waals surface area contributed by atoms with Crippen molar-refractivity contribution in [3.05, 3.63) is 0 Å². The van der Waals surface area contributed by atoms with Gasteiger partial charge in [0, 0.05) is 6.42 Å². The number of unbranched alkanes of at least 4 members (excludes halogenated alkanes) is 1. The van der Waals surface area contributed by atoms with Gasteiger partial charge in [-0.05, 0) is 6.42 Å². The predicted molar refractivity (Wildman–Crippen MR) is 64.9 cm³/mol. The van der Waals surface area contributed by atoms with E-state index in [1.54, 1.807) is 6.92 Å². The Hall–Kier alpha value is -0.510. The van der Waals surface area contributed by atoms with E-state index < -0.39 is 19.6 Å². The van der Waals surface area contributed by atoms with Gasteiger partial charge < -0.3 is 5.11 Å². The molecule has 94 valence electrons. The maximum Gasteiger partial charge on any atom is 0.314 e. The Kier molecular flexibility index (Phi) is 6.72. The number of carboxylic acid groups (broad SMARTS) is 1. The molecule has 0 aliphatic carbocycles. The molecular weight excluding hydrogens is 229 g/mol. The van der Waals surface area contributed by atoms with Crippen LogP contribution in [0.3, 0.4) is 0 Å². The molecule has 4 N–H and O–H groups in total. The molecule has 0 aliphatic heterocycles. The second kappa shape index (κ2) is 6.94. The Labute approximate surface area is 96.5 Å². The zero-order valence-corrected chi connectivity index (χ0v) is 10.7. The molecule has 0 aromatic carbocycles. The van der Waals surface area contributed by atoms with E-state index in [1.807, 2.05) is 6.92 Å². The van der Waals surface area contributed by atoms with Crippen molar-refractivity contribution >= 4 is 19.1 Å². The van der Waals surface area contributed by atoms with Crippen LogP contribution in [0.4, 0.5) is 0 Å². The average molecular weight is 250 g/mol. The van der Waals surface area contributed by atoms with Gasteiger partial charge in [-0.25, -0.2) is 9.79 Å². The van der Waals surface area contributed by atoms with Crippen LogP contribution in [0.25, 0.3) is 0 Å². The molecule has 0 amide bonds. The smallest absolute Gasteiger partial charge is 0.314 e. The Bertz CT molecular complexity index is 255. The van der Waals surface area contributed by atoms with Crippen LogP contribution in [0.5, 0.6) is 0 Å². The van der Waals surface area contributed by atoms with E-state index in [9.17, 15) is 14.6 Å². The Morgan fingerprint density at radius 1 is 1.38 bits per heavy atom. The molecule has 5 nitrogen and oxygen atoms in total. The summed E-state index contributed by atoms with van der Waals surface area (Å²) in [6, 6.07) is 0. The minimum Gasteiger partial charge on any atom is -0.481 e. The first-order valence-electron chi connectivity index (χ1n) is 5.49. The Morgan fingerprint density at radius 3 is 2.31 bits per heavy atom. The van der Waals surface area contributed by atoms with E-state index in [2.05, 4.69) is 0 Å². The highest BCUT2D eigenvalue weighted by Gasteiger charge is 2.43. The molecule has 16 heavy (non-hydrogen) atoms. The Morgan fingerprint density at radius 2 is 1.94 bits per heavy atom. The predicted octanol–water partition coefficient (Wildman–Crippen LogP) is 2.10. The van der Waals surface area contributed by atoms with Gasteiger partial charge in [0.05, 0.1) is 5.92 Å². The summed E-state index contributed by atoms with van der Waals surface area (Å²) in [4.78, 5) is 30.3. The summed E-state index contributed by atoms with van der Waals surface area (Å²) in [5.74, 6) is -1.76. The van der Waals surface area contributed by atoms with Crippen molar-refractivity contribution in [1.29, 1.82) is 5.41 Å². The molecular formula is C10H21NO4P+. The van der Waals surface area contributed by atoms with Crippen molar-refractivity contribution in [3.8, 4) is 0 Å². The lowest BCUT2D eigenvalue weighted by Gasteiger charge is -2.16. The van der Waals surface area contributed by atoms with E-state index in [-0.39, 0.29) is 18.0 Å². The topological polar surface area (TPSA) is 102 Å². The van der Waals surface area contributed by atoms with E-state index in [0.29, 0.717) is 6.42 Å². The second-order valence-electron chi connectivity index (χ2n) is 3.89. The molecule has 0 spiro atoms. The molecule has 0 heterocycles. The zero-order valence-electron chi connectivity index (χ0n) is 9.81. The molecule has 1 atom stereocenters. The van der Waals surface area contributed by atoms with Crippen LogP contribution in [0.2, 0.25) is 0 Å². The molecule has 0 fully saturated rings. The molecule has 0 aromatic rings. The van der Waals surface area contributed by atoms with Crippen LogP contribution in [-0.2, 0) is 4.79 Å². The van der Waals surface area contributed by atoms with Gasteiger partial charge in [-0.3, -0.25) is 10.2 Å². The van der Waals surface area contributed by atoms with E-state index in [4.69, 9.17) is 10.5 Å². The van der Waals surface area contributed by atoms with Crippen LogP contribution in [0.15, 0.2) is 0 Å². The minimum atomic E-state index is -3.48. The lowest BCUT2D eigenvalue weighted by Crippen LogP contribution is -2.22. The number of aliphatic carboxylic acids is 1. The fraction of sp³-hybridized carbons (Fsp3) is 0.800. The lowest BCUT2D eigenvalue weighted by atomic mass is 10.1. The monoisotopic (exact) mass is 250 g/mol. The third-order valence-electron chi connectivity index (χ3n) is 2.50. The SMILES string of the molecule is CCCCC(C[P+](O)(O)C(=N)CC)C(=O)O. The summed E-state index contributed by atoms with van der Waals surface area (Å²) in [5, 5.41) is 16.4. The van der Waals surface area contributed by atoms with Crippen molar-refractivity contribution in [1.82, 2.24) is 0 Å². The van der Waals surface area contributed by atoms with E-state index in [1.165, 1.54) is 0 Å². The number of carbonyl (C=O) groups is 1. The highest BCUT2D eigenvalue weighted by molar-refractivity contribution is 7.81. The molecule has 6 heteroatoms. The van der Waals surface area contributed by atoms with Gasteiger partial charge in [0.1, 0.15) is 6.16 Å². The number of hydrogen-bond donors (Lipinski definition) is 4. The largest absolute Gasteiger partial charge is 0.481 e. The third-order valence-corrected chi connectivity index (χ3v) is 4.63. The first-order chi connectivity index (χ1) is 7.35. The Balaban J connectivity index is 4.49. The molecule has 0 saturated carbocycles. The minimum absolute atomic E-state index is 0.129. The van der Waals surface area contributed by atoms with Crippen molar-refractivity contribution in [2.75, 3.05) is 6.16 Å². The summed E-state index contributed by atoms with van der Waals surface area (Å²) in [5.41, 5.74) is -0.129. The molecule has 0 bridgehead atoms. The molecule has 0 aliphatic rings. The second-order valence-corrected chi connectivity index (χ2v) is 6.26. The zero-order chi connectivity index (χ0) is 12.8. The highest BCUT2D eigenvalue weighted by Crippen LogP contribution is 2.53. The lowest BCUT2D eigenvalue weighted by molar-refractivity contribution is -0.141.